The molecule has 18 heavy (non-hydrogen) atoms. The van der Waals surface area contributed by atoms with Crippen molar-refractivity contribution in [2.45, 2.75) is 6.04 Å². The molecule has 2 N–H and O–H groups in total. The molecule has 0 aliphatic heterocycles. The van der Waals surface area contributed by atoms with Gasteiger partial charge >= 0.3 is 0 Å². The second kappa shape index (κ2) is 4.23. The second-order valence-electron chi connectivity index (χ2n) is 4.27. The highest BCUT2D eigenvalue weighted by Gasteiger charge is 2.14. The molecule has 0 radical (unpaired) electrons. The highest BCUT2D eigenvalue weighted by molar-refractivity contribution is 5.82. The molecule has 1 unspecified atom stereocenters. The Morgan fingerprint density at radius 3 is 2.78 bits per heavy atom. The SMILES string of the molecule is Cn1nccc1C(N)c1cccc2ncccc12. The Hall–Kier alpha value is -2.20. The molecule has 0 aliphatic carbocycles. The number of fused-ring (bicyclic) bond motifs is 1. The van der Waals surface area contributed by atoms with E-state index in [2.05, 4.69) is 10.1 Å². The van der Waals surface area contributed by atoms with Crippen LogP contribution >= 0.6 is 0 Å². The lowest BCUT2D eigenvalue weighted by Crippen LogP contribution is -2.16. The summed E-state index contributed by atoms with van der Waals surface area (Å²) in [6.45, 7) is 0. The molecule has 2 heterocycles. The number of benzene rings is 1. The summed E-state index contributed by atoms with van der Waals surface area (Å²) in [5.41, 5.74) is 9.37. The average Bonchev–Trinajstić information content (AvgIpc) is 2.83. The van der Waals surface area contributed by atoms with Crippen molar-refractivity contribution in [3.8, 4) is 0 Å². The molecule has 1 aromatic carbocycles. The van der Waals surface area contributed by atoms with E-state index in [1.165, 1.54) is 0 Å². The summed E-state index contributed by atoms with van der Waals surface area (Å²) in [5, 5.41) is 5.26. The summed E-state index contributed by atoms with van der Waals surface area (Å²) in [7, 11) is 1.90. The smallest absolute Gasteiger partial charge is 0.0729 e. The molecule has 1 atom stereocenters. The third-order valence-corrected chi connectivity index (χ3v) is 3.19. The second-order valence-corrected chi connectivity index (χ2v) is 4.27. The number of hydrogen-bond donors (Lipinski definition) is 1. The van der Waals surface area contributed by atoms with Crippen LogP contribution in [0.2, 0.25) is 0 Å². The van der Waals surface area contributed by atoms with Crippen LogP contribution in [0.3, 0.4) is 0 Å². The Balaban J connectivity index is 2.18. The van der Waals surface area contributed by atoms with Gasteiger partial charge in [-0.15, -0.1) is 0 Å². The molecular weight excluding hydrogens is 224 g/mol. The van der Waals surface area contributed by atoms with Crippen molar-refractivity contribution in [2.24, 2.45) is 12.8 Å². The van der Waals surface area contributed by atoms with Crippen LogP contribution in [-0.4, -0.2) is 14.8 Å². The minimum atomic E-state index is -0.189. The Labute approximate surface area is 105 Å². The quantitative estimate of drug-likeness (QED) is 0.743. The molecule has 4 nitrogen and oxygen atoms in total. The van der Waals surface area contributed by atoms with Crippen molar-refractivity contribution >= 4 is 10.9 Å². The Morgan fingerprint density at radius 2 is 2.00 bits per heavy atom. The van der Waals surface area contributed by atoms with Gasteiger partial charge < -0.3 is 5.73 Å². The zero-order valence-electron chi connectivity index (χ0n) is 10.1. The number of rotatable bonds is 2. The molecule has 0 aliphatic rings. The number of hydrogen-bond acceptors (Lipinski definition) is 3. The fraction of sp³-hybridized carbons (Fsp3) is 0.143. The van der Waals surface area contributed by atoms with Crippen LogP contribution in [0.15, 0.2) is 48.8 Å². The van der Waals surface area contributed by atoms with Crippen LogP contribution in [-0.2, 0) is 7.05 Å². The maximum absolute atomic E-state index is 6.34. The fourth-order valence-corrected chi connectivity index (χ4v) is 2.25. The maximum atomic E-state index is 6.34. The molecule has 0 spiro atoms. The van der Waals surface area contributed by atoms with Gasteiger partial charge in [-0.1, -0.05) is 18.2 Å². The Kier molecular flexibility index (Phi) is 2.57. The Bertz CT molecular complexity index is 682. The van der Waals surface area contributed by atoms with E-state index in [0.717, 1.165) is 22.2 Å². The number of nitrogens with two attached hydrogens (primary N) is 1. The summed E-state index contributed by atoms with van der Waals surface area (Å²) >= 11 is 0. The summed E-state index contributed by atoms with van der Waals surface area (Å²) in [4.78, 5) is 4.35. The average molecular weight is 238 g/mol. The highest BCUT2D eigenvalue weighted by atomic mass is 15.3. The maximum Gasteiger partial charge on any atom is 0.0729 e. The highest BCUT2D eigenvalue weighted by Crippen LogP contribution is 2.25. The minimum Gasteiger partial charge on any atom is -0.319 e. The van der Waals surface area contributed by atoms with Gasteiger partial charge in [0.1, 0.15) is 0 Å². The number of aromatic nitrogens is 3. The van der Waals surface area contributed by atoms with Gasteiger partial charge in [-0.05, 0) is 23.8 Å². The molecule has 90 valence electrons. The van der Waals surface area contributed by atoms with Crippen molar-refractivity contribution in [1.29, 1.82) is 0 Å². The minimum absolute atomic E-state index is 0.189. The first kappa shape index (κ1) is 10.9. The molecule has 3 rings (SSSR count). The van der Waals surface area contributed by atoms with Gasteiger partial charge in [0.05, 0.1) is 17.3 Å². The molecule has 4 heteroatoms. The molecule has 0 saturated heterocycles. The summed E-state index contributed by atoms with van der Waals surface area (Å²) in [5.74, 6) is 0. The lowest BCUT2D eigenvalue weighted by Gasteiger charge is -2.14. The zero-order valence-corrected chi connectivity index (χ0v) is 10.1. The first-order valence-corrected chi connectivity index (χ1v) is 5.84. The summed E-state index contributed by atoms with van der Waals surface area (Å²) in [6.07, 6.45) is 3.56. The van der Waals surface area contributed by atoms with Crippen molar-refractivity contribution in [1.82, 2.24) is 14.8 Å². The predicted molar refractivity (Wildman–Crippen MR) is 71.0 cm³/mol. The molecule has 0 saturated carbocycles. The number of aryl methyl sites for hydroxylation is 1. The first-order valence-electron chi connectivity index (χ1n) is 5.84. The van der Waals surface area contributed by atoms with Gasteiger partial charge in [0, 0.05) is 24.8 Å². The molecule has 0 bridgehead atoms. The van der Waals surface area contributed by atoms with E-state index < -0.39 is 0 Å². The lowest BCUT2D eigenvalue weighted by atomic mass is 9.99. The largest absolute Gasteiger partial charge is 0.319 e. The van der Waals surface area contributed by atoms with Gasteiger partial charge in [-0.25, -0.2) is 0 Å². The van der Waals surface area contributed by atoms with Crippen LogP contribution in [0.25, 0.3) is 10.9 Å². The van der Waals surface area contributed by atoms with Crippen molar-refractivity contribution in [3.63, 3.8) is 0 Å². The molecule has 3 aromatic rings. The molecule has 2 aromatic heterocycles. The zero-order chi connectivity index (χ0) is 12.5. The van der Waals surface area contributed by atoms with Crippen LogP contribution in [0.5, 0.6) is 0 Å². The molecule has 0 amide bonds. The van der Waals surface area contributed by atoms with Gasteiger partial charge in [0.25, 0.3) is 0 Å². The monoisotopic (exact) mass is 238 g/mol. The van der Waals surface area contributed by atoms with Crippen molar-refractivity contribution in [2.75, 3.05) is 0 Å². The van der Waals surface area contributed by atoms with Crippen LogP contribution in [0, 0.1) is 0 Å². The van der Waals surface area contributed by atoms with Gasteiger partial charge in [0.15, 0.2) is 0 Å². The standard InChI is InChI=1S/C14H14N4/c1-18-13(7-9-17-18)14(15)11-4-2-6-12-10(11)5-3-8-16-12/h2-9,14H,15H2,1H3. The van der Waals surface area contributed by atoms with Crippen molar-refractivity contribution < 1.29 is 0 Å². The molecule has 0 fully saturated rings. The topological polar surface area (TPSA) is 56.7 Å². The number of pyridine rings is 1. The predicted octanol–water partition coefficient (Wildman–Crippen LogP) is 2.02. The van der Waals surface area contributed by atoms with Crippen molar-refractivity contribution in [3.05, 3.63) is 60.0 Å². The van der Waals surface area contributed by atoms with E-state index in [-0.39, 0.29) is 6.04 Å². The Morgan fingerprint density at radius 1 is 1.11 bits per heavy atom. The summed E-state index contributed by atoms with van der Waals surface area (Å²) in [6, 6.07) is 11.8. The van der Waals surface area contributed by atoms with Gasteiger partial charge in [-0.2, -0.15) is 5.10 Å². The van der Waals surface area contributed by atoms with E-state index in [1.54, 1.807) is 17.1 Å². The van der Waals surface area contributed by atoms with Gasteiger partial charge in [0.2, 0.25) is 0 Å². The van der Waals surface area contributed by atoms with Gasteiger partial charge in [-0.3, -0.25) is 9.67 Å². The number of nitrogens with zero attached hydrogens (tertiary/aromatic N) is 3. The van der Waals surface area contributed by atoms with Crippen LogP contribution in [0.1, 0.15) is 17.3 Å². The fourth-order valence-electron chi connectivity index (χ4n) is 2.25. The third-order valence-electron chi connectivity index (χ3n) is 3.19. The van der Waals surface area contributed by atoms with E-state index in [1.807, 2.05) is 43.4 Å². The van der Waals surface area contributed by atoms with E-state index in [4.69, 9.17) is 5.73 Å². The van der Waals surface area contributed by atoms with Crippen LogP contribution < -0.4 is 5.73 Å². The summed E-state index contributed by atoms with van der Waals surface area (Å²) < 4.78 is 1.81. The molecular formula is C14H14N4. The first-order chi connectivity index (χ1) is 8.77. The van der Waals surface area contributed by atoms with E-state index in [9.17, 15) is 0 Å². The normalized spacial score (nSPS) is 12.8. The third kappa shape index (κ3) is 1.67. The lowest BCUT2D eigenvalue weighted by molar-refractivity contribution is 0.675. The van der Waals surface area contributed by atoms with E-state index >= 15 is 0 Å². The van der Waals surface area contributed by atoms with Crippen LogP contribution in [0.4, 0.5) is 0 Å². The van der Waals surface area contributed by atoms with E-state index in [0.29, 0.717) is 0 Å².